The molecule has 2 heterocycles. The highest BCUT2D eigenvalue weighted by Crippen LogP contribution is 2.31. The summed E-state index contributed by atoms with van der Waals surface area (Å²) in [5, 5.41) is 16.2. The van der Waals surface area contributed by atoms with Gasteiger partial charge in [-0.2, -0.15) is 0 Å². The zero-order valence-electron chi connectivity index (χ0n) is 18.8. The summed E-state index contributed by atoms with van der Waals surface area (Å²) in [6.45, 7) is 2.16. The summed E-state index contributed by atoms with van der Waals surface area (Å²) in [7, 11) is 3.65. The van der Waals surface area contributed by atoms with Gasteiger partial charge in [0, 0.05) is 43.3 Å². The molecule has 0 aliphatic carbocycles. The van der Waals surface area contributed by atoms with Crippen LogP contribution in [0.4, 0.5) is 16.2 Å². The van der Waals surface area contributed by atoms with E-state index in [4.69, 9.17) is 4.74 Å². The van der Waals surface area contributed by atoms with E-state index in [1.54, 1.807) is 25.3 Å². The van der Waals surface area contributed by atoms with E-state index in [2.05, 4.69) is 38.5 Å². The largest absolute Gasteiger partial charge is 0.506 e. The number of amides is 3. The standard InChI is InChI=1S/C24H29BrN4O4/c1-28-9-7-15-11-20(22(30)12-16(15)8-10-28)27-23(31)21-13-19(33-2)14-29(21)24(32)26-18-5-3-17(25)4-6-18/h3-6,11-12,19,21,30H,7-10,13-14H2,1-2H3,(H,26,32)(H,27,31)/t19-,21-/m1/s1. The van der Waals surface area contributed by atoms with E-state index in [1.807, 2.05) is 18.2 Å². The quantitative estimate of drug-likeness (QED) is 0.541. The molecule has 2 aliphatic heterocycles. The fourth-order valence-electron chi connectivity index (χ4n) is 4.36. The number of aromatic hydroxyl groups is 1. The van der Waals surface area contributed by atoms with Gasteiger partial charge in [0.05, 0.1) is 11.8 Å². The van der Waals surface area contributed by atoms with Gasteiger partial charge < -0.3 is 30.3 Å². The summed E-state index contributed by atoms with van der Waals surface area (Å²) in [6, 6.07) is 9.76. The molecular weight excluding hydrogens is 488 g/mol. The molecule has 2 aromatic carbocycles. The molecule has 3 N–H and O–H groups in total. The number of urea groups is 1. The highest BCUT2D eigenvalue weighted by Gasteiger charge is 2.40. The maximum absolute atomic E-state index is 13.2. The van der Waals surface area contributed by atoms with E-state index in [0.717, 1.165) is 41.5 Å². The second-order valence-electron chi connectivity index (χ2n) is 8.63. The van der Waals surface area contributed by atoms with Gasteiger partial charge in [-0.1, -0.05) is 15.9 Å². The second-order valence-corrected chi connectivity index (χ2v) is 9.54. The van der Waals surface area contributed by atoms with Crippen LogP contribution in [0.2, 0.25) is 0 Å². The first-order chi connectivity index (χ1) is 15.8. The predicted molar refractivity (Wildman–Crippen MR) is 131 cm³/mol. The summed E-state index contributed by atoms with van der Waals surface area (Å²) >= 11 is 3.38. The van der Waals surface area contributed by atoms with Gasteiger partial charge in [0.15, 0.2) is 0 Å². The maximum Gasteiger partial charge on any atom is 0.322 e. The van der Waals surface area contributed by atoms with Crippen LogP contribution in [-0.4, -0.2) is 72.8 Å². The topological polar surface area (TPSA) is 94.1 Å². The molecule has 2 aromatic rings. The molecule has 0 radical (unpaired) electrons. The van der Waals surface area contributed by atoms with E-state index in [1.165, 1.54) is 4.90 Å². The van der Waals surface area contributed by atoms with Gasteiger partial charge in [-0.3, -0.25) is 4.79 Å². The Balaban J connectivity index is 1.50. The number of rotatable bonds is 4. The third-order valence-corrected chi connectivity index (χ3v) is 6.89. The number of likely N-dealkylation sites (N-methyl/N-ethyl adjacent to an activating group) is 1. The van der Waals surface area contributed by atoms with Crippen molar-refractivity contribution in [3.63, 3.8) is 0 Å². The molecule has 0 unspecified atom stereocenters. The minimum absolute atomic E-state index is 0.0406. The molecule has 2 aliphatic rings. The molecule has 0 bridgehead atoms. The number of phenols is 1. The van der Waals surface area contributed by atoms with Crippen LogP contribution in [0.25, 0.3) is 0 Å². The number of fused-ring (bicyclic) bond motifs is 1. The lowest BCUT2D eigenvalue weighted by atomic mass is 10.0. The van der Waals surface area contributed by atoms with Crippen molar-refractivity contribution in [2.24, 2.45) is 0 Å². The average Bonchev–Trinajstić information content (AvgIpc) is 3.16. The molecule has 9 heteroatoms. The van der Waals surface area contributed by atoms with Crippen LogP contribution in [0.5, 0.6) is 5.75 Å². The summed E-state index contributed by atoms with van der Waals surface area (Å²) in [5.74, 6) is -0.305. The van der Waals surface area contributed by atoms with Gasteiger partial charge in [-0.15, -0.1) is 0 Å². The van der Waals surface area contributed by atoms with Crippen LogP contribution < -0.4 is 10.6 Å². The van der Waals surface area contributed by atoms with Crippen molar-refractivity contribution in [1.29, 1.82) is 0 Å². The lowest BCUT2D eigenvalue weighted by Crippen LogP contribution is -2.45. The third-order valence-electron chi connectivity index (χ3n) is 6.36. The number of nitrogens with one attached hydrogen (secondary N) is 2. The predicted octanol–water partition coefficient (Wildman–Crippen LogP) is 3.45. The number of methoxy groups -OCH3 is 1. The number of carbonyl (C=O) groups is 2. The summed E-state index contributed by atoms with van der Waals surface area (Å²) in [4.78, 5) is 29.9. The number of phenolic OH excluding ortho intramolecular Hbond substituents is 1. The number of halogens is 1. The van der Waals surface area contributed by atoms with E-state index < -0.39 is 6.04 Å². The van der Waals surface area contributed by atoms with Crippen LogP contribution in [0.1, 0.15) is 17.5 Å². The Hall–Kier alpha value is -2.62. The number of nitrogens with zero attached hydrogens (tertiary/aromatic N) is 2. The Morgan fingerprint density at radius 1 is 1.09 bits per heavy atom. The Kier molecular flexibility index (Phi) is 7.21. The molecule has 0 aromatic heterocycles. The Morgan fingerprint density at radius 2 is 1.76 bits per heavy atom. The van der Waals surface area contributed by atoms with Crippen molar-refractivity contribution in [2.45, 2.75) is 31.4 Å². The van der Waals surface area contributed by atoms with Crippen molar-refractivity contribution in [3.05, 3.63) is 52.0 Å². The first-order valence-corrected chi connectivity index (χ1v) is 11.8. The molecule has 4 rings (SSSR count). The zero-order chi connectivity index (χ0) is 23.5. The first-order valence-electron chi connectivity index (χ1n) is 11.0. The molecular formula is C24H29BrN4O4. The number of anilines is 2. The van der Waals surface area contributed by atoms with Crippen molar-refractivity contribution in [1.82, 2.24) is 9.80 Å². The highest BCUT2D eigenvalue weighted by atomic mass is 79.9. The lowest BCUT2D eigenvalue weighted by Gasteiger charge is -2.24. The van der Waals surface area contributed by atoms with Crippen molar-refractivity contribution in [3.8, 4) is 5.75 Å². The molecule has 0 spiro atoms. The molecule has 3 amide bonds. The fraction of sp³-hybridized carbons (Fsp3) is 0.417. The van der Waals surface area contributed by atoms with E-state index in [9.17, 15) is 14.7 Å². The second kappa shape index (κ2) is 10.1. The van der Waals surface area contributed by atoms with Crippen LogP contribution in [0, 0.1) is 0 Å². The normalized spacial score (nSPS) is 20.8. The lowest BCUT2D eigenvalue weighted by molar-refractivity contribution is -0.119. The van der Waals surface area contributed by atoms with Gasteiger partial charge in [0.1, 0.15) is 11.8 Å². The van der Waals surface area contributed by atoms with Gasteiger partial charge in [0.2, 0.25) is 5.91 Å². The van der Waals surface area contributed by atoms with Crippen LogP contribution in [0.15, 0.2) is 40.9 Å². The van der Waals surface area contributed by atoms with Crippen LogP contribution in [0.3, 0.4) is 0 Å². The van der Waals surface area contributed by atoms with Gasteiger partial charge in [0.25, 0.3) is 0 Å². The van der Waals surface area contributed by atoms with Gasteiger partial charge in [-0.25, -0.2) is 4.79 Å². The Morgan fingerprint density at radius 3 is 2.42 bits per heavy atom. The zero-order valence-corrected chi connectivity index (χ0v) is 20.4. The van der Waals surface area contributed by atoms with Crippen LogP contribution >= 0.6 is 15.9 Å². The molecule has 0 saturated carbocycles. The minimum atomic E-state index is -0.713. The number of hydrogen-bond acceptors (Lipinski definition) is 5. The number of hydrogen-bond donors (Lipinski definition) is 3. The molecule has 8 nitrogen and oxygen atoms in total. The van der Waals surface area contributed by atoms with Gasteiger partial charge in [-0.05, 0) is 67.4 Å². The molecule has 33 heavy (non-hydrogen) atoms. The average molecular weight is 517 g/mol. The Bertz CT molecular complexity index is 1030. The SMILES string of the molecule is CO[C@@H]1C[C@H](C(=O)Nc2cc3c(cc2O)CCN(C)CC3)N(C(=O)Nc2ccc(Br)cc2)C1. The maximum atomic E-state index is 13.2. The molecule has 2 atom stereocenters. The smallest absolute Gasteiger partial charge is 0.322 e. The van der Waals surface area contributed by atoms with E-state index >= 15 is 0 Å². The van der Waals surface area contributed by atoms with Crippen molar-refractivity contribution >= 4 is 39.2 Å². The first kappa shape index (κ1) is 23.5. The fourth-order valence-corrected chi connectivity index (χ4v) is 4.63. The summed E-state index contributed by atoms with van der Waals surface area (Å²) in [6.07, 6.45) is 1.85. The summed E-state index contributed by atoms with van der Waals surface area (Å²) < 4.78 is 6.36. The Labute approximate surface area is 202 Å². The minimum Gasteiger partial charge on any atom is -0.506 e. The molecule has 176 valence electrons. The van der Waals surface area contributed by atoms with E-state index in [0.29, 0.717) is 24.3 Å². The van der Waals surface area contributed by atoms with Crippen molar-refractivity contribution in [2.75, 3.05) is 44.4 Å². The van der Waals surface area contributed by atoms with Crippen LogP contribution in [-0.2, 0) is 22.4 Å². The molecule has 1 saturated heterocycles. The number of carbonyl (C=O) groups excluding carboxylic acids is 2. The third kappa shape index (κ3) is 5.48. The number of benzene rings is 2. The van der Waals surface area contributed by atoms with Gasteiger partial charge >= 0.3 is 6.03 Å². The van der Waals surface area contributed by atoms with E-state index in [-0.39, 0.29) is 23.8 Å². The highest BCUT2D eigenvalue weighted by molar-refractivity contribution is 9.10. The monoisotopic (exact) mass is 516 g/mol. The number of likely N-dealkylation sites (tertiary alicyclic amines) is 1. The summed E-state index contributed by atoms with van der Waals surface area (Å²) in [5.41, 5.74) is 3.23. The molecule has 1 fully saturated rings. The number of ether oxygens (including phenoxy) is 1. The van der Waals surface area contributed by atoms with Crippen molar-refractivity contribution < 1.29 is 19.4 Å².